The van der Waals surface area contributed by atoms with E-state index in [4.69, 9.17) is 0 Å². The predicted octanol–water partition coefficient (Wildman–Crippen LogP) is 0.454. The third kappa shape index (κ3) is 1.90. The standard InChI is InChI=1S/C15H19N3O3/c19-14-11-7-16-5-6-17(8-11)10-15(14,9-16)12-1-3-13(4-2-12)18(20)21/h1-4,11,14,19H,5-10H2. The number of aliphatic hydroxyl groups excluding tert-OH is 1. The Bertz CT molecular complexity index is 558. The molecule has 0 spiro atoms. The van der Waals surface area contributed by atoms with Crippen molar-refractivity contribution in [3.8, 4) is 0 Å². The van der Waals surface area contributed by atoms with E-state index in [-0.39, 0.29) is 28.0 Å². The van der Waals surface area contributed by atoms with Gasteiger partial charge in [-0.15, -0.1) is 0 Å². The second-order valence-corrected chi connectivity index (χ2v) is 6.64. The number of non-ortho nitro benzene ring substituents is 1. The van der Waals surface area contributed by atoms with Crippen LogP contribution in [0.25, 0.3) is 0 Å². The van der Waals surface area contributed by atoms with Gasteiger partial charge in [-0.05, 0) is 5.56 Å². The van der Waals surface area contributed by atoms with Crippen molar-refractivity contribution in [3.63, 3.8) is 0 Å². The van der Waals surface area contributed by atoms with Crippen LogP contribution in [-0.4, -0.2) is 65.2 Å². The summed E-state index contributed by atoms with van der Waals surface area (Å²) in [6.07, 6.45) is -0.357. The van der Waals surface area contributed by atoms with Gasteiger partial charge >= 0.3 is 0 Å². The van der Waals surface area contributed by atoms with Crippen LogP contribution in [0.3, 0.4) is 0 Å². The number of benzene rings is 1. The largest absolute Gasteiger partial charge is 0.392 e. The van der Waals surface area contributed by atoms with E-state index in [0.717, 1.165) is 44.8 Å². The van der Waals surface area contributed by atoms with Gasteiger partial charge in [0.25, 0.3) is 5.69 Å². The molecule has 4 fully saturated rings. The molecule has 1 aromatic carbocycles. The minimum absolute atomic E-state index is 0.108. The van der Waals surface area contributed by atoms with Gasteiger partial charge in [0.2, 0.25) is 0 Å². The topological polar surface area (TPSA) is 69.9 Å². The Morgan fingerprint density at radius 3 is 2.24 bits per heavy atom. The summed E-state index contributed by atoms with van der Waals surface area (Å²) < 4.78 is 0. The van der Waals surface area contributed by atoms with Crippen molar-refractivity contribution in [1.82, 2.24) is 9.80 Å². The van der Waals surface area contributed by atoms with E-state index >= 15 is 0 Å². The maximum absolute atomic E-state index is 10.8. The van der Waals surface area contributed by atoms with Gasteiger partial charge in [-0.25, -0.2) is 0 Å². The fraction of sp³-hybridized carbons (Fsp3) is 0.600. The second-order valence-electron chi connectivity index (χ2n) is 6.64. The van der Waals surface area contributed by atoms with E-state index in [9.17, 15) is 15.2 Å². The van der Waals surface area contributed by atoms with Crippen molar-refractivity contribution in [2.24, 2.45) is 5.92 Å². The highest BCUT2D eigenvalue weighted by Gasteiger charge is 2.54. The zero-order valence-electron chi connectivity index (χ0n) is 11.8. The molecule has 4 heterocycles. The Morgan fingerprint density at radius 1 is 1.14 bits per heavy atom. The molecule has 4 aliphatic rings. The molecule has 1 N–H and O–H groups in total. The summed E-state index contributed by atoms with van der Waals surface area (Å²) in [5, 5.41) is 21.7. The first-order valence-corrected chi connectivity index (χ1v) is 7.46. The Kier molecular flexibility index (Phi) is 2.82. The number of hydrogen-bond acceptors (Lipinski definition) is 5. The Hall–Kier alpha value is -1.50. The monoisotopic (exact) mass is 289 g/mol. The van der Waals surface area contributed by atoms with Crippen LogP contribution >= 0.6 is 0 Å². The van der Waals surface area contributed by atoms with Crippen molar-refractivity contribution in [2.45, 2.75) is 11.5 Å². The molecule has 6 nitrogen and oxygen atoms in total. The molecule has 0 aliphatic carbocycles. The van der Waals surface area contributed by atoms with Crippen molar-refractivity contribution in [2.75, 3.05) is 39.3 Å². The van der Waals surface area contributed by atoms with Crippen LogP contribution in [0.5, 0.6) is 0 Å². The molecule has 4 saturated heterocycles. The summed E-state index contributed by atoms with van der Waals surface area (Å²) >= 11 is 0. The lowest BCUT2D eigenvalue weighted by molar-refractivity contribution is -0.384. The molecule has 112 valence electrons. The number of nitro groups is 1. The highest BCUT2D eigenvalue weighted by atomic mass is 16.6. The van der Waals surface area contributed by atoms with Gasteiger partial charge in [0, 0.05) is 62.7 Å². The fourth-order valence-electron chi connectivity index (χ4n) is 4.43. The molecule has 3 atom stereocenters. The van der Waals surface area contributed by atoms with Gasteiger partial charge in [0.1, 0.15) is 0 Å². The van der Waals surface area contributed by atoms with Crippen molar-refractivity contribution >= 4 is 5.69 Å². The maximum Gasteiger partial charge on any atom is 0.269 e. The first-order chi connectivity index (χ1) is 10.1. The van der Waals surface area contributed by atoms with Gasteiger partial charge in [0.05, 0.1) is 11.0 Å². The van der Waals surface area contributed by atoms with Crippen molar-refractivity contribution in [3.05, 3.63) is 39.9 Å². The maximum atomic E-state index is 10.8. The van der Waals surface area contributed by atoms with Crippen LogP contribution in [0.15, 0.2) is 24.3 Å². The first-order valence-electron chi connectivity index (χ1n) is 7.46. The van der Waals surface area contributed by atoms with E-state index in [0.29, 0.717) is 0 Å². The van der Waals surface area contributed by atoms with Gasteiger partial charge in [-0.1, -0.05) is 12.1 Å². The normalized spacial score (nSPS) is 41.0. The molecular weight excluding hydrogens is 270 g/mol. The zero-order chi connectivity index (χ0) is 14.6. The second kappa shape index (κ2) is 4.50. The molecule has 6 heteroatoms. The minimum atomic E-state index is -0.376. The molecule has 0 radical (unpaired) electrons. The summed E-state index contributed by atoms with van der Waals surface area (Å²) in [4.78, 5) is 15.3. The molecule has 0 amide bonds. The van der Waals surface area contributed by atoms with E-state index < -0.39 is 0 Å². The minimum Gasteiger partial charge on any atom is -0.392 e. The lowest BCUT2D eigenvalue weighted by atomic mass is 9.66. The fourth-order valence-corrected chi connectivity index (χ4v) is 4.43. The number of nitro benzene ring substituents is 1. The summed E-state index contributed by atoms with van der Waals surface area (Å²) in [6.45, 7) is 5.73. The van der Waals surface area contributed by atoms with Crippen molar-refractivity contribution in [1.29, 1.82) is 0 Å². The van der Waals surface area contributed by atoms with E-state index in [1.807, 2.05) is 12.1 Å². The first kappa shape index (κ1) is 13.2. The van der Waals surface area contributed by atoms with Crippen LogP contribution in [-0.2, 0) is 5.41 Å². The number of rotatable bonds is 2. The number of piperidine rings is 2. The highest BCUT2D eigenvalue weighted by molar-refractivity contribution is 5.39. The lowest BCUT2D eigenvalue weighted by Crippen LogP contribution is -2.65. The lowest BCUT2D eigenvalue weighted by Gasteiger charge is -2.53. The zero-order valence-corrected chi connectivity index (χ0v) is 11.8. The predicted molar refractivity (Wildman–Crippen MR) is 77.2 cm³/mol. The highest BCUT2D eigenvalue weighted by Crippen LogP contribution is 2.43. The summed E-state index contributed by atoms with van der Waals surface area (Å²) in [5.74, 6) is 0.283. The van der Waals surface area contributed by atoms with E-state index in [2.05, 4.69) is 9.80 Å². The van der Waals surface area contributed by atoms with E-state index in [1.54, 1.807) is 12.1 Å². The van der Waals surface area contributed by atoms with Crippen LogP contribution in [0.1, 0.15) is 5.56 Å². The smallest absolute Gasteiger partial charge is 0.269 e. The Morgan fingerprint density at radius 2 is 1.71 bits per heavy atom. The molecule has 5 rings (SSSR count). The number of fused-ring (bicyclic) bond motifs is 1. The van der Waals surface area contributed by atoms with Crippen LogP contribution in [0, 0.1) is 16.0 Å². The summed E-state index contributed by atoms with van der Waals surface area (Å²) in [5.41, 5.74) is 0.838. The Labute approximate surface area is 123 Å². The molecule has 1 aromatic rings. The quantitative estimate of drug-likeness (QED) is 0.632. The summed E-state index contributed by atoms with van der Waals surface area (Å²) in [6, 6.07) is 6.77. The molecule has 0 aromatic heterocycles. The SMILES string of the molecule is O=[N+]([O-])c1ccc(C23CN4CCN(CC(C4)C2O)C3)cc1. The average molecular weight is 289 g/mol. The average Bonchev–Trinajstić information content (AvgIpc) is 2.73. The molecule has 0 saturated carbocycles. The summed E-state index contributed by atoms with van der Waals surface area (Å²) in [7, 11) is 0. The molecule has 21 heavy (non-hydrogen) atoms. The third-order valence-electron chi connectivity index (χ3n) is 5.40. The van der Waals surface area contributed by atoms with Crippen LogP contribution in [0.2, 0.25) is 0 Å². The van der Waals surface area contributed by atoms with E-state index in [1.165, 1.54) is 0 Å². The number of hydrogen-bond donors (Lipinski definition) is 1. The Balaban J connectivity index is 1.76. The molecular formula is C15H19N3O3. The number of nitrogens with zero attached hydrogens (tertiary/aromatic N) is 3. The number of aliphatic hydroxyl groups is 1. The van der Waals surface area contributed by atoms with Crippen LogP contribution in [0.4, 0.5) is 5.69 Å². The van der Waals surface area contributed by atoms with Gasteiger partial charge < -0.3 is 14.9 Å². The molecule has 4 bridgehead atoms. The van der Waals surface area contributed by atoms with Gasteiger partial charge in [-0.3, -0.25) is 10.1 Å². The third-order valence-corrected chi connectivity index (χ3v) is 5.40. The van der Waals surface area contributed by atoms with Gasteiger partial charge in [0.15, 0.2) is 0 Å². The van der Waals surface area contributed by atoms with Gasteiger partial charge in [-0.2, -0.15) is 0 Å². The van der Waals surface area contributed by atoms with Crippen molar-refractivity contribution < 1.29 is 10.0 Å². The molecule has 4 aliphatic heterocycles. The molecule has 3 unspecified atom stereocenters. The van der Waals surface area contributed by atoms with Crippen LogP contribution < -0.4 is 0 Å².